The topological polar surface area (TPSA) is 37.0 Å². The zero-order valence-corrected chi connectivity index (χ0v) is 13.1. The number of hydrogen-bond acceptors (Lipinski definition) is 4. The standard InChI is InChI=1S/C16H21N3S/c1-10(16-11(2)18-12(3)20-16)17-9-14-8-13-6-4-5-7-15(13)19-14/h4-7,10,14,17,19H,8-9H2,1-3H3. The van der Waals surface area contributed by atoms with Gasteiger partial charge in [0.2, 0.25) is 0 Å². The highest BCUT2D eigenvalue weighted by atomic mass is 32.1. The molecular formula is C16H21N3S. The number of rotatable bonds is 4. The lowest BCUT2D eigenvalue weighted by Crippen LogP contribution is -2.32. The molecule has 0 fully saturated rings. The Hall–Kier alpha value is -1.39. The maximum atomic E-state index is 4.51. The summed E-state index contributed by atoms with van der Waals surface area (Å²) in [5.74, 6) is 0. The van der Waals surface area contributed by atoms with Gasteiger partial charge in [0, 0.05) is 29.2 Å². The smallest absolute Gasteiger partial charge is 0.0900 e. The van der Waals surface area contributed by atoms with E-state index in [0.717, 1.165) is 23.7 Å². The van der Waals surface area contributed by atoms with Gasteiger partial charge in [-0.15, -0.1) is 11.3 Å². The van der Waals surface area contributed by atoms with Crippen LogP contribution in [0.25, 0.3) is 0 Å². The fraction of sp³-hybridized carbons (Fsp3) is 0.438. The summed E-state index contributed by atoms with van der Waals surface area (Å²) in [6.07, 6.45) is 1.11. The summed E-state index contributed by atoms with van der Waals surface area (Å²) in [6.45, 7) is 7.37. The minimum Gasteiger partial charge on any atom is -0.380 e. The van der Waals surface area contributed by atoms with Crippen LogP contribution < -0.4 is 10.6 Å². The van der Waals surface area contributed by atoms with Crippen molar-refractivity contribution < 1.29 is 0 Å². The zero-order valence-electron chi connectivity index (χ0n) is 12.2. The lowest BCUT2D eigenvalue weighted by molar-refractivity contribution is 0.542. The largest absolute Gasteiger partial charge is 0.380 e. The molecule has 3 rings (SSSR count). The maximum Gasteiger partial charge on any atom is 0.0900 e. The first-order valence-corrected chi connectivity index (χ1v) is 7.97. The molecule has 2 heterocycles. The van der Waals surface area contributed by atoms with E-state index >= 15 is 0 Å². The van der Waals surface area contributed by atoms with E-state index in [4.69, 9.17) is 0 Å². The Bertz CT molecular complexity index is 581. The molecule has 4 heteroatoms. The number of benzene rings is 1. The molecule has 1 aromatic heterocycles. The van der Waals surface area contributed by atoms with Crippen LogP contribution in [0.2, 0.25) is 0 Å². The molecule has 0 bridgehead atoms. The molecule has 2 atom stereocenters. The minimum atomic E-state index is 0.367. The lowest BCUT2D eigenvalue weighted by Gasteiger charge is -2.17. The molecule has 0 radical (unpaired) electrons. The van der Waals surface area contributed by atoms with E-state index in [9.17, 15) is 0 Å². The van der Waals surface area contributed by atoms with E-state index in [1.165, 1.54) is 16.1 Å². The fourth-order valence-corrected chi connectivity index (χ4v) is 3.81. The van der Waals surface area contributed by atoms with E-state index in [0.29, 0.717) is 12.1 Å². The zero-order chi connectivity index (χ0) is 14.1. The second-order valence-corrected chi connectivity index (χ2v) is 6.75. The quantitative estimate of drug-likeness (QED) is 0.904. The Kier molecular flexibility index (Phi) is 3.76. The summed E-state index contributed by atoms with van der Waals surface area (Å²) in [5, 5.41) is 8.37. The van der Waals surface area contributed by atoms with Crippen molar-refractivity contribution in [3.05, 3.63) is 45.4 Å². The molecule has 2 unspecified atom stereocenters. The van der Waals surface area contributed by atoms with Crippen LogP contribution in [0.3, 0.4) is 0 Å². The number of nitrogens with zero attached hydrogens (tertiary/aromatic N) is 1. The Balaban J connectivity index is 1.57. The van der Waals surface area contributed by atoms with E-state index in [-0.39, 0.29) is 0 Å². The molecular weight excluding hydrogens is 266 g/mol. The first-order chi connectivity index (χ1) is 9.63. The van der Waals surface area contributed by atoms with Gasteiger partial charge in [-0.1, -0.05) is 18.2 Å². The molecule has 0 saturated heterocycles. The number of aromatic nitrogens is 1. The molecule has 20 heavy (non-hydrogen) atoms. The molecule has 1 aromatic carbocycles. The van der Waals surface area contributed by atoms with Crippen molar-refractivity contribution in [2.24, 2.45) is 0 Å². The van der Waals surface area contributed by atoms with Crippen LogP contribution in [-0.4, -0.2) is 17.6 Å². The fourth-order valence-electron chi connectivity index (χ4n) is 2.86. The summed E-state index contributed by atoms with van der Waals surface area (Å²) in [6, 6.07) is 9.43. The monoisotopic (exact) mass is 287 g/mol. The Labute approximate surface area is 124 Å². The van der Waals surface area contributed by atoms with Crippen molar-refractivity contribution in [1.82, 2.24) is 10.3 Å². The molecule has 0 aliphatic carbocycles. The maximum absolute atomic E-state index is 4.51. The van der Waals surface area contributed by atoms with E-state index in [2.05, 4.69) is 60.7 Å². The van der Waals surface area contributed by atoms with Crippen molar-refractivity contribution in [2.45, 2.75) is 39.3 Å². The molecule has 2 aromatic rings. The van der Waals surface area contributed by atoms with Crippen LogP contribution in [-0.2, 0) is 6.42 Å². The highest BCUT2D eigenvalue weighted by Gasteiger charge is 2.21. The number of fused-ring (bicyclic) bond motifs is 1. The average molecular weight is 287 g/mol. The third kappa shape index (κ3) is 2.72. The second kappa shape index (κ2) is 5.54. The first-order valence-electron chi connectivity index (χ1n) is 7.15. The van der Waals surface area contributed by atoms with Gasteiger partial charge in [-0.05, 0) is 38.8 Å². The minimum absolute atomic E-state index is 0.367. The first kappa shape index (κ1) is 13.6. The number of aryl methyl sites for hydroxylation is 2. The number of thiazole rings is 1. The number of nitrogens with one attached hydrogen (secondary N) is 2. The van der Waals surface area contributed by atoms with Crippen molar-refractivity contribution in [3.63, 3.8) is 0 Å². The van der Waals surface area contributed by atoms with Gasteiger partial charge in [-0.3, -0.25) is 0 Å². The van der Waals surface area contributed by atoms with Crippen molar-refractivity contribution in [2.75, 3.05) is 11.9 Å². The molecule has 1 aliphatic rings. The predicted octanol–water partition coefficient (Wildman–Crippen LogP) is 3.45. The highest BCUT2D eigenvalue weighted by Crippen LogP contribution is 2.27. The van der Waals surface area contributed by atoms with E-state index in [1.54, 1.807) is 11.3 Å². The van der Waals surface area contributed by atoms with Crippen molar-refractivity contribution >= 4 is 17.0 Å². The van der Waals surface area contributed by atoms with Gasteiger partial charge in [-0.25, -0.2) is 4.98 Å². The SMILES string of the molecule is Cc1nc(C)c(C(C)NCC2Cc3ccccc3N2)s1. The summed E-state index contributed by atoms with van der Waals surface area (Å²) in [4.78, 5) is 5.87. The Morgan fingerprint density at radius 3 is 2.90 bits per heavy atom. The van der Waals surface area contributed by atoms with Gasteiger partial charge in [-0.2, -0.15) is 0 Å². The summed E-state index contributed by atoms with van der Waals surface area (Å²) in [5.41, 5.74) is 3.88. The Morgan fingerprint density at radius 1 is 1.40 bits per heavy atom. The van der Waals surface area contributed by atoms with Gasteiger partial charge >= 0.3 is 0 Å². The predicted molar refractivity (Wildman–Crippen MR) is 85.6 cm³/mol. The second-order valence-electron chi connectivity index (χ2n) is 5.52. The highest BCUT2D eigenvalue weighted by molar-refractivity contribution is 7.11. The van der Waals surface area contributed by atoms with E-state index in [1.807, 2.05) is 0 Å². The molecule has 0 spiro atoms. The van der Waals surface area contributed by atoms with Gasteiger partial charge in [0.15, 0.2) is 0 Å². The third-order valence-corrected chi connectivity index (χ3v) is 5.10. The molecule has 106 valence electrons. The summed E-state index contributed by atoms with van der Waals surface area (Å²) >= 11 is 1.80. The number of hydrogen-bond donors (Lipinski definition) is 2. The molecule has 1 aliphatic heterocycles. The third-order valence-electron chi connectivity index (χ3n) is 3.85. The number of anilines is 1. The van der Waals surface area contributed by atoms with Gasteiger partial charge in [0.25, 0.3) is 0 Å². The molecule has 0 amide bonds. The normalized spacial score (nSPS) is 18.6. The van der Waals surface area contributed by atoms with Crippen LogP contribution in [0.4, 0.5) is 5.69 Å². The van der Waals surface area contributed by atoms with Gasteiger partial charge in [0.1, 0.15) is 0 Å². The van der Waals surface area contributed by atoms with E-state index < -0.39 is 0 Å². The lowest BCUT2D eigenvalue weighted by atomic mass is 10.1. The van der Waals surface area contributed by atoms with Crippen LogP contribution in [0, 0.1) is 13.8 Å². The average Bonchev–Trinajstić information content (AvgIpc) is 2.98. The molecule has 3 nitrogen and oxygen atoms in total. The summed E-state index contributed by atoms with van der Waals surface area (Å²) in [7, 11) is 0. The van der Waals surface area contributed by atoms with Crippen LogP contribution in [0.1, 0.15) is 34.1 Å². The van der Waals surface area contributed by atoms with Crippen molar-refractivity contribution in [1.29, 1.82) is 0 Å². The van der Waals surface area contributed by atoms with Gasteiger partial charge in [0.05, 0.1) is 10.7 Å². The number of para-hydroxylation sites is 1. The van der Waals surface area contributed by atoms with Gasteiger partial charge < -0.3 is 10.6 Å². The van der Waals surface area contributed by atoms with Crippen molar-refractivity contribution in [3.8, 4) is 0 Å². The molecule has 2 N–H and O–H groups in total. The Morgan fingerprint density at radius 2 is 2.20 bits per heavy atom. The summed E-state index contributed by atoms with van der Waals surface area (Å²) < 4.78 is 0. The molecule has 0 saturated carbocycles. The van der Waals surface area contributed by atoms with Crippen LogP contribution in [0.5, 0.6) is 0 Å². The van der Waals surface area contributed by atoms with Crippen LogP contribution in [0.15, 0.2) is 24.3 Å². The van der Waals surface area contributed by atoms with Crippen LogP contribution >= 0.6 is 11.3 Å².